The number of aromatic nitrogens is 1. The van der Waals surface area contributed by atoms with Gasteiger partial charge in [0.2, 0.25) is 0 Å². The van der Waals surface area contributed by atoms with E-state index in [1.165, 1.54) is 35.4 Å². The number of likely N-dealkylation sites (tertiary alicyclic amines) is 1. The predicted octanol–water partition coefficient (Wildman–Crippen LogP) is 3.67. The lowest BCUT2D eigenvalue weighted by molar-refractivity contribution is -0.147. The van der Waals surface area contributed by atoms with Gasteiger partial charge in [-0.1, -0.05) is 13.0 Å². The Morgan fingerprint density at radius 2 is 1.87 bits per heavy atom. The molecule has 2 atom stereocenters. The van der Waals surface area contributed by atoms with E-state index in [9.17, 15) is 9.59 Å². The summed E-state index contributed by atoms with van der Waals surface area (Å²) in [6.45, 7) is 2.68. The molecule has 4 rings (SSSR count). The summed E-state index contributed by atoms with van der Waals surface area (Å²) >= 11 is 1.80. The van der Waals surface area contributed by atoms with Crippen LogP contribution in [0.5, 0.6) is 0 Å². The molecule has 1 saturated carbocycles. The maximum Gasteiger partial charge on any atom is 0.312 e. The van der Waals surface area contributed by atoms with Gasteiger partial charge >= 0.3 is 11.8 Å². The van der Waals surface area contributed by atoms with Gasteiger partial charge in [-0.15, -0.1) is 11.3 Å². The minimum Gasteiger partial charge on any atom is -0.361 e. The molecular formula is C23H32N4O2S. The van der Waals surface area contributed by atoms with E-state index in [0.717, 1.165) is 23.9 Å². The third-order valence-electron chi connectivity index (χ3n) is 6.88. The van der Waals surface area contributed by atoms with Gasteiger partial charge in [0.05, 0.1) is 21.3 Å². The number of nitrogens with zero attached hydrogens (tertiary/aromatic N) is 3. The predicted molar refractivity (Wildman–Crippen MR) is 120 cm³/mol. The number of hydrogen-bond donors (Lipinski definition) is 1. The first-order valence-electron chi connectivity index (χ1n) is 11.0. The largest absolute Gasteiger partial charge is 0.361 e. The fraction of sp³-hybridized carbons (Fsp3) is 0.609. The number of rotatable bonds is 3. The van der Waals surface area contributed by atoms with Crippen LogP contribution < -0.4 is 5.73 Å². The first kappa shape index (κ1) is 21.2. The quantitative estimate of drug-likeness (QED) is 0.757. The molecule has 2 amide bonds. The number of thiazole rings is 1. The number of carbonyl (C=O) groups excluding carboxylic acids is 2. The molecule has 1 aliphatic carbocycles. The monoisotopic (exact) mass is 428 g/mol. The van der Waals surface area contributed by atoms with Gasteiger partial charge in [-0.05, 0) is 76.2 Å². The zero-order valence-electron chi connectivity index (χ0n) is 18.1. The molecule has 1 aliphatic heterocycles. The minimum absolute atomic E-state index is 0.105. The fourth-order valence-electron chi connectivity index (χ4n) is 5.05. The van der Waals surface area contributed by atoms with Crippen molar-refractivity contribution in [3.05, 3.63) is 28.8 Å². The highest BCUT2D eigenvalue weighted by Crippen LogP contribution is 2.39. The van der Waals surface area contributed by atoms with Crippen LogP contribution in [0.15, 0.2) is 18.2 Å². The molecule has 1 aromatic carbocycles. The van der Waals surface area contributed by atoms with Crippen molar-refractivity contribution in [2.24, 2.45) is 11.7 Å². The molecule has 2 N–H and O–H groups in total. The number of nitrogens with two attached hydrogens (primary N) is 1. The lowest BCUT2D eigenvalue weighted by atomic mass is 9.86. The van der Waals surface area contributed by atoms with Crippen LogP contribution in [0.2, 0.25) is 0 Å². The lowest BCUT2D eigenvalue weighted by Gasteiger charge is -2.38. The van der Waals surface area contributed by atoms with Crippen molar-refractivity contribution < 1.29 is 9.59 Å². The molecule has 0 unspecified atom stereocenters. The Bertz CT molecular complexity index is 932. The zero-order valence-corrected chi connectivity index (χ0v) is 19.0. The van der Waals surface area contributed by atoms with Crippen LogP contribution in [0.3, 0.4) is 0 Å². The average Bonchev–Trinajstić information content (AvgIpc) is 3.16. The van der Waals surface area contributed by atoms with Gasteiger partial charge < -0.3 is 15.5 Å². The van der Waals surface area contributed by atoms with Crippen molar-refractivity contribution in [2.75, 3.05) is 20.6 Å². The standard InChI is InChI=1S/C23H32N4O2S/c1-14-4-10-19(27(13-14)23(29)21(24)28)16-7-11-20-18(12-16)25-22(30-20)15-5-8-17(9-6-15)26(2)3/h7,11-12,14-15,17,19H,4-6,8-10,13H2,1-3H3,(H2,24,28)/t14-,15?,17?,19+/m0/s1. The Kier molecular flexibility index (Phi) is 6.11. The van der Waals surface area contributed by atoms with Gasteiger partial charge in [0.1, 0.15) is 0 Å². The average molecular weight is 429 g/mol. The summed E-state index contributed by atoms with van der Waals surface area (Å²) in [5, 5.41) is 1.24. The van der Waals surface area contributed by atoms with Crippen molar-refractivity contribution in [1.82, 2.24) is 14.8 Å². The molecule has 0 radical (unpaired) electrons. The number of fused-ring (bicyclic) bond motifs is 1. The van der Waals surface area contributed by atoms with E-state index in [4.69, 9.17) is 10.7 Å². The van der Waals surface area contributed by atoms with Gasteiger partial charge in [-0.3, -0.25) is 9.59 Å². The Hall–Kier alpha value is -1.99. The highest BCUT2D eigenvalue weighted by atomic mass is 32.1. The van der Waals surface area contributed by atoms with E-state index in [1.54, 1.807) is 16.2 Å². The Labute approximate surface area is 182 Å². The second-order valence-electron chi connectivity index (χ2n) is 9.27. The minimum atomic E-state index is -0.876. The van der Waals surface area contributed by atoms with E-state index >= 15 is 0 Å². The molecule has 162 valence electrons. The summed E-state index contributed by atoms with van der Waals surface area (Å²) in [4.78, 5) is 33.0. The number of piperidine rings is 1. The molecule has 30 heavy (non-hydrogen) atoms. The SMILES string of the molecule is C[C@H]1CC[C@H](c2ccc3sc(C4CCC(N(C)C)CC4)nc3c2)N(C(=O)C(N)=O)C1. The molecule has 2 aliphatic rings. The maximum absolute atomic E-state index is 12.4. The van der Waals surface area contributed by atoms with Gasteiger partial charge in [0, 0.05) is 18.5 Å². The lowest BCUT2D eigenvalue weighted by Crippen LogP contribution is -2.46. The van der Waals surface area contributed by atoms with Crippen LogP contribution >= 0.6 is 11.3 Å². The van der Waals surface area contributed by atoms with E-state index in [-0.39, 0.29) is 6.04 Å². The van der Waals surface area contributed by atoms with E-state index in [0.29, 0.717) is 24.4 Å². The summed E-state index contributed by atoms with van der Waals surface area (Å²) in [6.07, 6.45) is 6.71. The summed E-state index contributed by atoms with van der Waals surface area (Å²) < 4.78 is 1.19. The molecule has 7 heteroatoms. The maximum atomic E-state index is 12.4. The van der Waals surface area contributed by atoms with E-state index in [2.05, 4.69) is 44.1 Å². The normalized spacial score (nSPS) is 27.5. The van der Waals surface area contributed by atoms with Crippen LogP contribution in [-0.2, 0) is 9.59 Å². The van der Waals surface area contributed by atoms with Gasteiger partial charge in [-0.25, -0.2) is 4.98 Å². The Morgan fingerprint density at radius 1 is 1.13 bits per heavy atom. The van der Waals surface area contributed by atoms with E-state index < -0.39 is 11.8 Å². The Morgan fingerprint density at radius 3 is 2.53 bits per heavy atom. The van der Waals surface area contributed by atoms with Crippen molar-refractivity contribution in [3.63, 3.8) is 0 Å². The van der Waals surface area contributed by atoms with Crippen LogP contribution in [0.4, 0.5) is 0 Å². The van der Waals surface area contributed by atoms with Crippen LogP contribution in [0.25, 0.3) is 10.2 Å². The molecule has 1 saturated heterocycles. The number of benzene rings is 1. The number of amides is 2. The summed E-state index contributed by atoms with van der Waals surface area (Å²) in [6, 6.07) is 6.91. The molecule has 6 nitrogen and oxygen atoms in total. The molecule has 0 bridgehead atoms. The molecule has 2 aromatic rings. The third kappa shape index (κ3) is 4.23. The third-order valence-corrected chi connectivity index (χ3v) is 8.08. The highest BCUT2D eigenvalue weighted by Gasteiger charge is 2.33. The fourth-order valence-corrected chi connectivity index (χ4v) is 6.17. The van der Waals surface area contributed by atoms with Gasteiger partial charge in [-0.2, -0.15) is 0 Å². The number of carbonyl (C=O) groups is 2. The van der Waals surface area contributed by atoms with Crippen molar-refractivity contribution in [2.45, 2.75) is 63.5 Å². The summed E-state index contributed by atoms with van der Waals surface area (Å²) in [7, 11) is 4.34. The van der Waals surface area contributed by atoms with Gasteiger partial charge in [0.15, 0.2) is 0 Å². The summed E-state index contributed by atoms with van der Waals surface area (Å²) in [5.74, 6) is -0.537. The molecule has 2 fully saturated rings. The smallest absolute Gasteiger partial charge is 0.312 e. The highest BCUT2D eigenvalue weighted by molar-refractivity contribution is 7.18. The Balaban J connectivity index is 1.56. The van der Waals surface area contributed by atoms with Crippen molar-refractivity contribution in [3.8, 4) is 0 Å². The summed E-state index contributed by atoms with van der Waals surface area (Å²) in [5.41, 5.74) is 7.37. The second-order valence-corrected chi connectivity index (χ2v) is 10.3. The molecular weight excluding hydrogens is 396 g/mol. The van der Waals surface area contributed by atoms with E-state index in [1.807, 2.05) is 0 Å². The van der Waals surface area contributed by atoms with Crippen molar-refractivity contribution in [1.29, 1.82) is 0 Å². The topological polar surface area (TPSA) is 79.5 Å². The van der Waals surface area contributed by atoms with Crippen LogP contribution in [0, 0.1) is 5.92 Å². The van der Waals surface area contributed by atoms with Gasteiger partial charge in [0.25, 0.3) is 0 Å². The molecule has 0 spiro atoms. The second kappa shape index (κ2) is 8.63. The van der Waals surface area contributed by atoms with Crippen LogP contribution in [-0.4, -0.2) is 53.3 Å². The number of primary amides is 1. The van der Waals surface area contributed by atoms with Crippen LogP contribution in [0.1, 0.15) is 68.0 Å². The molecule has 1 aromatic heterocycles. The zero-order chi connectivity index (χ0) is 21.4. The first-order chi connectivity index (χ1) is 14.3. The van der Waals surface area contributed by atoms with Crippen molar-refractivity contribution >= 4 is 33.4 Å². The number of hydrogen-bond acceptors (Lipinski definition) is 5. The molecule has 2 heterocycles. The first-order valence-corrected chi connectivity index (χ1v) is 11.8.